The second-order valence-corrected chi connectivity index (χ2v) is 4.13. The van der Waals surface area contributed by atoms with Crippen LogP contribution in [-0.4, -0.2) is 38.6 Å². The van der Waals surface area contributed by atoms with Gasteiger partial charge in [0, 0.05) is 6.54 Å². The van der Waals surface area contributed by atoms with Crippen molar-refractivity contribution in [1.82, 2.24) is 0 Å². The van der Waals surface area contributed by atoms with Gasteiger partial charge < -0.3 is 25.1 Å². The zero-order valence-electron chi connectivity index (χ0n) is 10.5. The third-order valence-corrected chi connectivity index (χ3v) is 2.63. The van der Waals surface area contributed by atoms with Crippen LogP contribution in [0.4, 0.5) is 0 Å². The number of aliphatic hydroxyl groups is 1. The number of hydrogen-bond acceptors (Lipinski definition) is 5. The molecule has 6 heteroatoms. The molecule has 5 nitrogen and oxygen atoms in total. The predicted molar refractivity (Wildman–Crippen MR) is 69.3 cm³/mol. The Balaban J connectivity index is 2.69. The van der Waals surface area contributed by atoms with E-state index in [1.807, 2.05) is 0 Å². The van der Waals surface area contributed by atoms with Crippen molar-refractivity contribution in [2.45, 2.75) is 12.7 Å². The summed E-state index contributed by atoms with van der Waals surface area (Å²) in [6.45, 7) is 0.673. The van der Waals surface area contributed by atoms with Gasteiger partial charge in [-0.15, -0.1) is 0 Å². The largest absolute Gasteiger partial charge is 0.493 e. The van der Waals surface area contributed by atoms with Crippen LogP contribution in [0.15, 0.2) is 12.1 Å². The Kier molecular flexibility index (Phi) is 6.21. The zero-order chi connectivity index (χ0) is 13.5. The molecule has 1 aromatic rings. The van der Waals surface area contributed by atoms with Crippen molar-refractivity contribution < 1.29 is 19.3 Å². The summed E-state index contributed by atoms with van der Waals surface area (Å²) in [7, 11) is 3.06. The molecule has 0 unspecified atom stereocenters. The molecule has 0 spiro atoms. The van der Waals surface area contributed by atoms with Crippen molar-refractivity contribution in [3.8, 4) is 11.5 Å². The van der Waals surface area contributed by atoms with Crippen LogP contribution in [0.25, 0.3) is 0 Å². The van der Waals surface area contributed by atoms with Crippen LogP contribution in [0, 0.1) is 0 Å². The second kappa shape index (κ2) is 7.43. The topological polar surface area (TPSA) is 73.9 Å². The smallest absolute Gasteiger partial charge is 0.179 e. The van der Waals surface area contributed by atoms with E-state index >= 15 is 0 Å². The third-order valence-electron chi connectivity index (χ3n) is 2.34. The first kappa shape index (κ1) is 15.0. The Morgan fingerprint density at radius 2 is 2.06 bits per heavy atom. The van der Waals surface area contributed by atoms with Crippen LogP contribution in [0.5, 0.6) is 11.5 Å². The maximum Gasteiger partial charge on any atom is 0.179 e. The van der Waals surface area contributed by atoms with Gasteiger partial charge in [0.05, 0.1) is 38.6 Å². The van der Waals surface area contributed by atoms with E-state index in [1.165, 1.54) is 14.2 Å². The second-order valence-electron chi connectivity index (χ2n) is 3.72. The number of benzene rings is 1. The minimum Gasteiger partial charge on any atom is -0.493 e. The molecule has 0 aliphatic carbocycles. The van der Waals surface area contributed by atoms with E-state index in [9.17, 15) is 5.11 Å². The van der Waals surface area contributed by atoms with Gasteiger partial charge in [-0.3, -0.25) is 0 Å². The third kappa shape index (κ3) is 4.03. The van der Waals surface area contributed by atoms with E-state index in [2.05, 4.69) is 0 Å². The van der Waals surface area contributed by atoms with Crippen molar-refractivity contribution in [3.05, 3.63) is 22.7 Å². The van der Waals surface area contributed by atoms with Gasteiger partial charge >= 0.3 is 0 Å². The fourth-order valence-corrected chi connectivity index (χ4v) is 1.75. The van der Waals surface area contributed by atoms with Crippen molar-refractivity contribution in [2.24, 2.45) is 5.73 Å². The highest BCUT2D eigenvalue weighted by molar-refractivity contribution is 6.32. The SMILES string of the molecule is COc1cc(COC[C@H](O)CN)cc(Cl)c1OC. The minimum absolute atomic E-state index is 0.173. The summed E-state index contributed by atoms with van der Waals surface area (Å²) >= 11 is 6.05. The molecule has 0 amide bonds. The van der Waals surface area contributed by atoms with Crippen molar-refractivity contribution in [2.75, 3.05) is 27.4 Å². The summed E-state index contributed by atoms with van der Waals surface area (Å²) < 4.78 is 15.6. The molecule has 102 valence electrons. The van der Waals surface area contributed by atoms with E-state index in [0.29, 0.717) is 23.1 Å². The maximum atomic E-state index is 9.25. The zero-order valence-corrected chi connectivity index (χ0v) is 11.2. The van der Waals surface area contributed by atoms with Gasteiger partial charge in [0.2, 0.25) is 0 Å². The molecule has 3 N–H and O–H groups in total. The number of rotatable bonds is 7. The first-order chi connectivity index (χ1) is 8.62. The first-order valence-electron chi connectivity index (χ1n) is 5.48. The summed E-state index contributed by atoms with van der Waals surface area (Å²) in [4.78, 5) is 0. The summed E-state index contributed by atoms with van der Waals surface area (Å²) in [5.74, 6) is 1.04. The van der Waals surface area contributed by atoms with Gasteiger partial charge in [-0.05, 0) is 17.7 Å². The lowest BCUT2D eigenvalue weighted by Gasteiger charge is -2.13. The molecule has 18 heavy (non-hydrogen) atoms. The Bertz CT molecular complexity index is 387. The van der Waals surface area contributed by atoms with E-state index in [4.69, 9.17) is 31.5 Å². The Morgan fingerprint density at radius 3 is 2.61 bits per heavy atom. The summed E-state index contributed by atoms with van der Waals surface area (Å²) in [6.07, 6.45) is -0.652. The lowest BCUT2D eigenvalue weighted by Crippen LogP contribution is -2.24. The fraction of sp³-hybridized carbons (Fsp3) is 0.500. The molecule has 0 saturated carbocycles. The molecule has 0 aromatic heterocycles. The highest BCUT2D eigenvalue weighted by Gasteiger charge is 2.11. The predicted octanol–water partition coefficient (Wildman–Crippen LogP) is 1.19. The first-order valence-corrected chi connectivity index (χ1v) is 5.86. The van der Waals surface area contributed by atoms with Gasteiger partial charge in [-0.2, -0.15) is 0 Å². The average molecular weight is 276 g/mol. The fourth-order valence-electron chi connectivity index (χ4n) is 1.44. The van der Waals surface area contributed by atoms with Gasteiger partial charge in [0.1, 0.15) is 0 Å². The van der Waals surface area contributed by atoms with Crippen molar-refractivity contribution in [3.63, 3.8) is 0 Å². The van der Waals surface area contributed by atoms with Gasteiger partial charge in [-0.25, -0.2) is 0 Å². The molecule has 0 radical (unpaired) electrons. The van der Waals surface area contributed by atoms with Gasteiger partial charge in [-0.1, -0.05) is 11.6 Å². The Morgan fingerprint density at radius 1 is 1.33 bits per heavy atom. The molecule has 1 rings (SSSR count). The number of hydrogen-bond donors (Lipinski definition) is 2. The van der Waals surface area contributed by atoms with Crippen LogP contribution < -0.4 is 15.2 Å². The lowest BCUT2D eigenvalue weighted by molar-refractivity contribution is 0.0328. The van der Waals surface area contributed by atoms with Crippen LogP contribution in [0.2, 0.25) is 5.02 Å². The Labute approximate surface area is 111 Å². The van der Waals surface area contributed by atoms with Gasteiger partial charge in [0.15, 0.2) is 11.5 Å². The standard InChI is InChI=1S/C12H18ClNO4/c1-16-11-4-8(3-10(13)12(11)17-2)6-18-7-9(15)5-14/h3-4,9,15H,5-7,14H2,1-2H3/t9-/m1/s1. The summed E-state index contributed by atoms with van der Waals surface area (Å²) in [6, 6.07) is 3.51. The normalized spacial score (nSPS) is 12.3. The number of aliphatic hydroxyl groups excluding tert-OH is 1. The molecule has 0 heterocycles. The molecular weight excluding hydrogens is 258 g/mol. The minimum atomic E-state index is -0.652. The summed E-state index contributed by atoms with van der Waals surface area (Å²) in [5, 5.41) is 9.71. The van der Waals surface area contributed by atoms with E-state index in [1.54, 1.807) is 12.1 Å². The number of nitrogens with two attached hydrogens (primary N) is 1. The van der Waals surface area contributed by atoms with Crippen LogP contribution in [0.1, 0.15) is 5.56 Å². The molecule has 0 aliphatic rings. The molecule has 0 bridgehead atoms. The average Bonchev–Trinajstić information content (AvgIpc) is 2.37. The number of halogens is 1. The molecular formula is C12H18ClNO4. The van der Waals surface area contributed by atoms with E-state index in [0.717, 1.165) is 5.56 Å². The van der Waals surface area contributed by atoms with Crippen LogP contribution in [-0.2, 0) is 11.3 Å². The lowest BCUT2D eigenvalue weighted by atomic mass is 10.2. The van der Waals surface area contributed by atoms with Crippen LogP contribution in [0.3, 0.4) is 0 Å². The Hall–Kier alpha value is -1.01. The number of methoxy groups -OCH3 is 2. The molecule has 0 aliphatic heterocycles. The highest BCUT2D eigenvalue weighted by Crippen LogP contribution is 2.36. The van der Waals surface area contributed by atoms with E-state index < -0.39 is 6.10 Å². The quantitative estimate of drug-likeness (QED) is 0.782. The molecule has 1 aromatic carbocycles. The number of ether oxygens (including phenoxy) is 3. The van der Waals surface area contributed by atoms with Crippen LogP contribution >= 0.6 is 11.6 Å². The van der Waals surface area contributed by atoms with Gasteiger partial charge in [0.25, 0.3) is 0 Å². The summed E-state index contributed by atoms with van der Waals surface area (Å²) in [5.41, 5.74) is 6.11. The molecule has 0 saturated heterocycles. The van der Waals surface area contributed by atoms with Crippen molar-refractivity contribution in [1.29, 1.82) is 0 Å². The highest BCUT2D eigenvalue weighted by atomic mass is 35.5. The maximum absolute atomic E-state index is 9.25. The van der Waals surface area contributed by atoms with Crippen molar-refractivity contribution >= 4 is 11.6 Å². The van der Waals surface area contributed by atoms with E-state index in [-0.39, 0.29) is 13.2 Å². The monoisotopic (exact) mass is 275 g/mol. The molecule has 1 atom stereocenters. The molecule has 0 fully saturated rings.